The normalized spacial score (nSPS) is 15.2. The zero-order chi connectivity index (χ0) is 17.7. The SMILES string of the molecule is O=S(=O)(CCc1ccccc1)Nc1cc(N2CCOCC2)ccc1Cl. The van der Waals surface area contributed by atoms with Crippen LogP contribution in [0.2, 0.25) is 5.02 Å². The third kappa shape index (κ3) is 5.11. The molecular weight excluding hydrogens is 360 g/mol. The molecule has 1 aliphatic heterocycles. The summed E-state index contributed by atoms with van der Waals surface area (Å²) in [7, 11) is -3.48. The summed E-state index contributed by atoms with van der Waals surface area (Å²) in [5.74, 6) is 0.00905. The molecule has 3 rings (SSSR count). The van der Waals surface area contributed by atoms with Crippen LogP contribution in [0.3, 0.4) is 0 Å². The Morgan fingerprint density at radius 2 is 1.80 bits per heavy atom. The average Bonchev–Trinajstić information content (AvgIpc) is 2.63. The van der Waals surface area contributed by atoms with E-state index in [1.54, 1.807) is 12.1 Å². The molecule has 0 bridgehead atoms. The van der Waals surface area contributed by atoms with Gasteiger partial charge in [0.15, 0.2) is 0 Å². The molecule has 5 nitrogen and oxygen atoms in total. The summed E-state index contributed by atoms with van der Waals surface area (Å²) < 4.78 is 32.8. The summed E-state index contributed by atoms with van der Waals surface area (Å²) in [6.07, 6.45) is 0.455. The fraction of sp³-hybridized carbons (Fsp3) is 0.333. The molecule has 0 saturated carbocycles. The van der Waals surface area contributed by atoms with Crippen molar-refractivity contribution in [3.63, 3.8) is 0 Å². The molecule has 25 heavy (non-hydrogen) atoms. The van der Waals surface area contributed by atoms with Gasteiger partial charge in [0, 0.05) is 18.8 Å². The second-order valence-corrected chi connectivity index (χ2v) is 8.17. The van der Waals surface area contributed by atoms with Crippen molar-refractivity contribution >= 4 is 33.0 Å². The summed E-state index contributed by atoms with van der Waals surface area (Å²) >= 11 is 6.19. The van der Waals surface area contributed by atoms with Crippen LogP contribution in [0.1, 0.15) is 5.56 Å². The average molecular weight is 381 g/mol. The number of aryl methyl sites for hydroxylation is 1. The summed E-state index contributed by atoms with van der Waals surface area (Å²) in [6.45, 7) is 2.89. The second kappa shape index (κ2) is 8.08. The number of hydrogen-bond acceptors (Lipinski definition) is 4. The number of nitrogens with zero attached hydrogens (tertiary/aromatic N) is 1. The highest BCUT2D eigenvalue weighted by molar-refractivity contribution is 7.92. The minimum Gasteiger partial charge on any atom is -0.378 e. The van der Waals surface area contributed by atoms with E-state index in [0.29, 0.717) is 30.3 Å². The Balaban J connectivity index is 1.70. The highest BCUT2D eigenvalue weighted by atomic mass is 35.5. The lowest BCUT2D eigenvalue weighted by Gasteiger charge is -2.29. The first-order valence-electron chi connectivity index (χ1n) is 8.20. The van der Waals surface area contributed by atoms with E-state index in [4.69, 9.17) is 16.3 Å². The van der Waals surface area contributed by atoms with Crippen molar-refractivity contribution in [1.29, 1.82) is 0 Å². The van der Waals surface area contributed by atoms with Crippen molar-refractivity contribution in [1.82, 2.24) is 0 Å². The molecule has 1 fully saturated rings. The Morgan fingerprint density at radius 3 is 2.52 bits per heavy atom. The lowest BCUT2D eigenvalue weighted by atomic mass is 10.2. The fourth-order valence-electron chi connectivity index (χ4n) is 2.73. The predicted molar refractivity (Wildman–Crippen MR) is 102 cm³/mol. The number of hydrogen-bond donors (Lipinski definition) is 1. The van der Waals surface area contributed by atoms with Crippen LogP contribution >= 0.6 is 11.6 Å². The zero-order valence-corrected chi connectivity index (χ0v) is 15.4. The largest absolute Gasteiger partial charge is 0.378 e. The molecule has 2 aromatic rings. The molecular formula is C18H21ClN2O3S. The molecule has 134 valence electrons. The van der Waals surface area contributed by atoms with Gasteiger partial charge in [-0.25, -0.2) is 8.42 Å². The Labute approximate surface area is 153 Å². The molecule has 1 N–H and O–H groups in total. The standard InChI is InChI=1S/C18H21ClN2O3S/c19-17-7-6-16(21-9-11-24-12-10-21)14-18(17)20-25(22,23)13-8-15-4-2-1-3-5-15/h1-7,14,20H,8-13H2. The lowest BCUT2D eigenvalue weighted by Crippen LogP contribution is -2.36. The summed E-state index contributed by atoms with van der Waals surface area (Å²) in [6, 6.07) is 15.0. The Bertz CT molecular complexity index is 806. The first-order chi connectivity index (χ1) is 12.0. The van der Waals surface area contributed by atoms with Crippen molar-refractivity contribution < 1.29 is 13.2 Å². The van der Waals surface area contributed by atoms with Gasteiger partial charge in [0.05, 0.1) is 29.7 Å². The van der Waals surface area contributed by atoms with Crippen LogP contribution in [0.25, 0.3) is 0 Å². The zero-order valence-electron chi connectivity index (χ0n) is 13.8. The van der Waals surface area contributed by atoms with Crippen LogP contribution in [0.15, 0.2) is 48.5 Å². The van der Waals surface area contributed by atoms with E-state index < -0.39 is 10.0 Å². The molecule has 0 aliphatic carbocycles. The maximum Gasteiger partial charge on any atom is 0.233 e. The number of rotatable bonds is 6. The van der Waals surface area contributed by atoms with E-state index in [9.17, 15) is 8.42 Å². The van der Waals surface area contributed by atoms with Crippen LogP contribution < -0.4 is 9.62 Å². The van der Waals surface area contributed by atoms with Gasteiger partial charge >= 0.3 is 0 Å². The van der Waals surface area contributed by atoms with Crippen molar-refractivity contribution in [3.05, 3.63) is 59.1 Å². The molecule has 1 saturated heterocycles. The van der Waals surface area contributed by atoms with E-state index in [2.05, 4.69) is 9.62 Å². The van der Waals surface area contributed by atoms with Gasteiger partial charge in [-0.2, -0.15) is 0 Å². The molecule has 1 aliphatic rings. The van der Waals surface area contributed by atoms with E-state index in [-0.39, 0.29) is 5.75 Å². The van der Waals surface area contributed by atoms with Gasteiger partial charge in [0.2, 0.25) is 10.0 Å². The van der Waals surface area contributed by atoms with Gasteiger partial charge in [-0.05, 0) is 30.2 Å². The van der Waals surface area contributed by atoms with E-state index in [0.717, 1.165) is 24.3 Å². The highest BCUT2D eigenvalue weighted by Crippen LogP contribution is 2.29. The van der Waals surface area contributed by atoms with Crippen molar-refractivity contribution in [2.24, 2.45) is 0 Å². The molecule has 1 heterocycles. The molecule has 0 atom stereocenters. The molecule has 0 radical (unpaired) electrons. The Kier molecular flexibility index (Phi) is 5.83. The Hall–Kier alpha value is -1.76. The fourth-order valence-corrected chi connectivity index (χ4v) is 4.06. The van der Waals surface area contributed by atoms with Crippen LogP contribution in [-0.4, -0.2) is 40.5 Å². The maximum atomic E-state index is 12.4. The van der Waals surface area contributed by atoms with Crippen LogP contribution in [0, 0.1) is 0 Å². The summed E-state index contributed by atoms with van der Waals surface area (Å²) in [5.41, 5.74) is 2.34. The first-order valence-corrected chi connectivity index (χ1v) is 10.2. The van der Waals surface area contributed by atoms with Gasteiger partial charge in [0.25, 0.3) is 0 Å². The number of ether oxygens (including phenoxy) is 1. The number of benzene rings is 2. The van der Waals surface area contributed by atoms with E-state index >= 15 is 0 Å². The minimum absolute atomic E-state index is 0.00905. The van der Waals surface area contributed by atoms with E-state index in [1.807, 2.05) is 36.4 Å². The number of anilines is 2. The van der Waals surface area contributed by atoms with Crippen molar-refractivity contribution in [2.75, 3.05) is 41.7 Å². The van der Waals surface area contributed by atoms with Gasteiger partial charge in [-0.15, -0.1) is 0 Å². The molecule has 0 amide bonds. The highest BCUT2D eigenvalue weighted by Gasteiger charge is 2.16. The second-order valence-electron chi connectivity index (χ2n) is 5.92. The molecule has 2 aromatic carbocycles. The third-order valence-electron chi connectivity index (χ3n) is 4.09. The Morgan fingerprint density at radius 1 is 1.08 bits per heavy atom. The molecule has 0 spiro atoms. The van der Waals surface area contributed by atoms with Gasteiger partial charge < -0.3 is 9.64 Å². The topological polar surface area (TPSA) is 58.6 Å². The summed E-state index contributed by atoms with van der Waals surface area (Å²) in [5, 5.41) is 0.389. The lowest BCUT2D eigenvalue weighted by molar-refractivity contribution is 0.122. The first kappa shape index (κ1) is 18.0. The summed E-state index contributed by atoms with van der Waals surface area (Å²) in [4.78, 5) is 2.15. The molecule has 0 aromatic heterocycles. The smallest absolute Gasteiger partial charge is 0.233 e. The number of nitrogens with one attached hydrogen (secondary N) is 1. The molecule has 0 unspecified atom stereocenters. The monoisotopic (exact) mass is 380 g/mol. The van der Waals surface area contributed by atoms with Crippen LogP contribution in [0.5, 0.6) is 0 Å². The maximum absolute atomic E-state index is 12.4. The van der Waals surface area contributed by atoms with Crippen molar-refractivity contribution in [2.45, 2.75) is 6.42 Å². The van der Waals surface area contributed by atoms with Crippen LogP contribution in [-0.2, 0) is 21.2 Å². The van der Waals surface area contributed by atoms with Gasteiger partial charge in [0.1, 0.15) is 0 Å². The number of morpholine rings is 1. The quantitative estimate of drug-likeness (QED) is 0.836. The third-order valence-corrected chi connectivity index (χ3v) is 5.70. The molecule has 7 heteroatoms. The van der Waals surface area contributed by atoms with Crippen LogP contribution in [0.4, 0.5) is 11.4 Å². The number of halogens is 1. The van der Waals surface area contributed by atoms with Crippen molar-refractivity contribution in [3.8, 4) is 0 Å². The van der Waals surface area contributed by atoms with Gasteiger partial charge in [-0.1, -0.05) is 41.9 Å². The van der Waals surface area contributed by atoms with E-state index in [1.165, 1.54) is 0 Å². The number of sulfonamides is 1. The predicted octanol–water partition coefficient (Wildman–Crippen LogP) is 3.16. The van der Waals surface area contributed by atoms with Gasteiger partial charge in [-0.3, -0.25) is 4.72 Å². The minimum atomic E-state index is -3.48.